The quantitative estimate of drug-likeness (QED) is 0.893. The van der Waals surface area contributed by atoms with Gasteiger partial charge in [-0.1, -0.05) is 6.92 Å². The van der Waals surface area contributed by atoms with E-state index in [0.717, 1.165) is 5.01 Å². The largest absolute Gasteiger partial charge is 0.404 e. The number of thiazole rings is 1. The fraction of sp³-hybridized carbons (Fsp3) is 0.667. The molecule has 0 aromatic carbocycles. The summed E-state index contributed by atoms with van der Waals surface area (Å²) in [6, 6.07) is 0. The molecule has 0 spiro atoms. The molecule has 0 bridgehead atoms. The third-order valence-electron chi connectivity index (χ3n) is 3.57. The number of nitrogens with zero attached hydrogens (tertiary/aromatic N) is 1. The number of nitrogens with one attached hydrogen (secondary N) is 2. The summed E-state index contributed by atoms with van der Waals surface area (Å²) in [6.45, 7) is 1.83. The Kier molecular flexibility index (Phi) is 4.33. The average molecular weight is 307 g/mol. The SMILES string of the molecule is CC(CNC(=O)C1(C(F)(F)F)CCNC1)c1nccs1. The predicted molar refractivity (Wildman–Crippen MR) is 69.5 cm³/mol. The molecule has 1 saturated heterocycles. The van der Waals surface area contributed by atoms with E-state index in [1.54, 1.807) is 11.6 Å². The Morgan fingerprint density at radius 3 is 2.90 bits per heavy atom. The summed E-state index contributed by atoms with van der Waals surface area (Å²) in [6.07, 6.45) is -3.12. The van der Waals surface area contributed by atoms with Crippen LogP contribution >= 0.6 is 11.3 Å². The zero-order valence-electron chi connectivity index (χ0n) is 11.0. The fourth-order valence-corrected chi connectivity index (χ4v) is 2.94. The molecule has 2 atom stereocenters. The molecule has 0 saturated carbocycles. The van der Waals surface area contributed by atoms with Gasteiger partial charge in [0.2, 0.25) is 5.91 Å². The van der Waals surface area contributed by atoms with Crippen LogP contribution in [0.1, 0.15) is 24.3 Å². The van der Waals surface area contributed by atoms with E-state index in [4.69, 9.17) is 0 Å². The minimum Gasteiger partial charge on any atom is -0.355 e. The highest BCUT2D eigenvalue weighted by Crippen LogP contribution is 2.43. The van der Waals surface area contributed by atoms with Gasteiger partial charge >= 0.3 is 6.18 Å². The van der Waals surface area contributed by atoms with Gasteiger partial charge in [-0.25, -0.2) is 4.98 Å². The van der Waals surface area contributed by atoms with Crippen molar-refractivity contribution in [2.24, 2.45) is 5.41 Å². The summed E-state index contributed by atoms with van der Waals surface area (Å²) >= 11 is 1.42. The van der Waals surface area contributed by atoms with Crippen molar-refractivity contribution >= 4 is 17.2 Å². The molecule has 1 aliphatic rings. The molecule has 112 valence electrons. The molecule has 2 rings (SSSR count). The van der Waals surface area contributed by atoms with Crippen molar-refractivity contribution in [2.75, 3.05) is 19.6 Å². The second kappa shape index (κ2) is 5.69. The first-order valence-corrected chi connectivity index (χ1v) is 7.20. The number of rotatable bonds is 4. The van der Waals surface area contributed by atoms with E-state index in [9.17, 15) is 18.0 Å². The first-order valence-electron chi connectivity index (χ1n) is 6.32. The Balaban J connectivity index is 2.00. The van der Waals surface area contributed by atoms with Crippen LogP contribution in [0.4, 0.5) is 13.2 Å². The van der Waals surface area contributed by atoms with Crippen molar-refractivity contribution in [1.82, 2.24) is 15.6 Å². The van der Waals surface area contributed by atoms with Crippen LogP contribution < -0.4 is 10.6 Å². The van der Waals surface area contributed by atoms with Crippen molar-refractivity contribution < 1.29 is 18.0 Å². The molecule has 0 radical (unpaired) electrons. The summed E-state index contributed by atoms with van der Waals surface area (Å²) in [5.74, 6) is -1.04. The van der Waals surface area contributed by atoms with Crippen LogP contribution in [0.3, 0.4) is 0 Å². The molecule has 2 unspecified atom stereocenters. The van der Waals surface area contributed by atoms with E-state index in [1.807, 2.05) is 6.92 Å². The van der Waals surface area contributed by atoms with Gasteiger partial charge < -0.3 is 10.6 Å². The standard InChI is InChI=1S/C12H16F3N3OS/c1-8(9-17-4-5-20-9)6-18-10(19)11(12(13,14)15)2-3-16-7-11/h4-5,8,16H,2-3,6-7H2,1H3,(H,18,19). The summed E-state index contributed by atoms with van der Waals surface area (Å²) in [4.78, 5) is 16.1. The van der Waals surface area contributed by atoms with Gasteiger partial charge in [0.05, 0.1) is 5.01 Å². The molecule has 1 fully saturated rings. The van der Waals surface area contributed by atoms with E-state index >= 15 is 0 Å². The minimum absolute atomic E-state index is 0.0985. The second-order valence-corrected chi connectivity index (χ2v) is 5.91. The van der Waals surface area contributed by atoms with E-state index in [-0.39, 0.29) is 32.0 Å². The molecule has 20 heavy (non-hydrogen) atoms. The van der Waals surface area contributed by atoms with Crippen LogP contribution in [0.2, 0.25) is 0 Å². The lowest BCUT2D eigenvalue weighted by Gasteiger charge is -2.29. The summed E-state index contributed by atoms with van der Waals surface area (Å²) in [7, 11) is 0. The van der Waals surface area contributed by atoms with Crippen LogP contribution in [-0.4, -0.2) is 36.7 Å². The molecule has 0 aliphatic carbocycles. The first kappa shape index (κ1) is 15.2. The van der Waals surface area contributed by atoms with Gasteiger partial charge in [-0.3, -0.25) is 4.79 Å². The molecule has 1 aromatic heterocycles. The number of hydrogen-bond acceptors (Lipinski definition) is 4. The molecular formula is C12H16F3N3OS. The van der Waals surface area contributed by atoms with Crippen LogP contribution in [0.5, 0.6) is 0 Å². The maximum atomic E-state index is 13.2. The maximum absolute atomic E-state index is 13.2. The van der Waals surface area contributed by atoms with Gasteiger partial charge in [0.25, 0.3) is 0 Å². The molecule has 2 N–H and O–H groups in total. The van der Waals surface area contributed by atoms with Crippen LogP contribution in [0.15, 0.2) is 11.6 Å². The van der Waals surface area contributed by atoms with E-state index in [2.05, 4.69) is 15.6 Å². The maximum Gasteiger partial charge on any atom is 0.404 e. The van der Waals surface area contributed by atoms with Crippen LogP contribution in [0.25, 0.3) is 0 Å². The number of amides is 1. The van der Waals surface area contributed by atoms with Crippen molar-refractivity contribution in [3.8, 4) is 0 Å². The Labute approximate surface area is 118 Å². The molecule has 4 nitrogen and oxygen atoms in total. The lowest BCUT2D eigenvalue weighted by molar-refractivity contribution is -0.216. The lowest BCUT2D eigenvalue weighted by Crippen LogP contribution is -2.52. The summed E-state index contributed by atoms with van der Waals surface area (Å²) in [5, 5.41) is 7.65. The molecule has 1 aliphatic heterocycles. The van der Waals surface area contributed by atoms with Crippen molar-refractivity contribution in [3.05, 3.63) is 16.6 Å². The zero-order chi connectivity index (χ0) is 14.8. The highest BCUT2D eigenvalue weighted by molar-refractivity contribution is 7.09. The molecule has 1 amide bonds. The number of alkyl halides is 3. The van der Waals surface area contributed by atoms with Crippen LogP contribution in [-0.2, 0) is 4.79 Å². The van der Waals surface area contributed by atoms with Gasteiger partial charge in [-0.05, 0) is 13.0 Å². The number of halogens is 3. The first-order chi connectivity index (χ1) is 9.37. The molecule has 2 heterocycles. The topological polar surface area (TPSA) is 54.0 Å². The molecular weight excluding hydrogens is 291 g/mol. The highest BCUT2D eigenvalue weighted by Gasteiger charge is 2.61. The van der Waals surface area contributed by atoms with Crippen molar-refractivity contribution in [2.45, 2.75) is 25.4 Å². The molecule has 8 heteroatoms. The predicted octanol–water partition coefficient (Wildman–Crippen LogP) is 1.90. The smallest absolute Gasteiger partial charge is 0.355 e. The zero-order valence-corrected chi connectivity index (χ0v) is 11.8. The average Bonchev–Trinajstić information content (AvgIpc) is 3.04. The Bertz CT molecular complexity index is 455. The highest BCUT2D eigenvalue weighted by atomic mass is 32.1. The normalized spacial score (nSPS) is 24.6. The van der Waals surface area contributed by atoms with Gasteiger partial charge in [0.15, 0.2) is 5.41 Å². The third-order valence-corrected chi connectivity index (χ3v) is 4.58. The van der Waals surface area contributed by atoms with Gasteiger partial charge in [0.1, 0.15) is 0 Å². The monoisotopic (exact) mass is 307 g/mol. The Morgan fingerprint density at radius 2 is 2.40 bits per heavy atom. The van der Waals surface area contributed by atoms with E-state index < -0.39 is 17.5 Å². The van der Waals surface area contributed by atoms with Gasteiger partial charge in [-0.2, -0.15) is 13.2 Å². The summed E-state index contributed by atoms with van der Waals surface area (Å²) in [5.41, 5.74) is -2.30. The molecule has 1 aromatic rings. The van der Waals surface area contributed by atoms with E-state index in [1.165, 1.54) is 11.3 Å². The number of carbonyl (C=O) groups excluding carboxylic acids is 1. The lowest BCUT2D eigenvalue weighted by atomic mass is 9.85. The third kappa shape index (κ3) is 2.80. The fourth-order valence-electron chi connectivity index (χ4n) is 2.24. The minimum atomic E-state index is -4.54. The van der Waals surface area contributed by atoms with Crippen molar-refractivity contribution in [3.63, 3.8) is 0 Å². The Morgan fingerprint density at radius 1 is 1.65 bits per heavy atom. The van der Waals surface area contributed by atoms with Crippen LogP contribution in [0, 0.1) is 5.41 Å². The Hall–Kier alpha value is -1.15. The van der Waals surface area contributed by atoms with Crippen molar-refractivity contribution in [1.29, 1.82) is 0 Å². The second-order valence-electron chi connectivity index (χ2n) is 4.99. The van der Waals surface area contributed by atoms with Gasteiger partial charge in [-0.15, -0.1) is 11.3 Å². The number of aromatic nitrogens is 1. The van der Waals surface area contributed by atoms with E-state index in [0.29, 0.717) is 0 Å². The number of hydrogen-bond donors (Lipinski definition) is 2. The summed E-state index contributed by atoms with van der Waals surface area (Å²) < 4.78 is 39.5. The van der Waals surface area contributed by atoms with Gasteiger partial charge in [0, 0.05) is 30.6 Å². The number of carbonyl (C=O) groups is 1.